The third kappa shape index (κ3) is 4.89. The van der Waals surface area contributed by atoms with E-state index in [1.807, 2.05) is 4.90 Å². The predicted octanol–water partition coefficient (Wildman–Crippen LogP) is 3.44. The van der Waals surface area contributed by atoms with Gasteiger partial charge in [0.2, 0.25) is 5.91 Å². The largest absolute Gasteiger partial charge is 0.368 e. The average Bonchev–Trinajstić information content (AvgIpc) is 2.68. The number of rotatable bonds is 6. The molecule has 2 aromatic carbocycles. The summed E-state index contributed by atoms with van der Waals surface area (Å²) in [4.78, 5) is 16.9. The number of hydrogen-bond acceptors (Lipinski definition) is 3. The highest BCUT2D eigenvalue weighted by Crippen LogP contribution is 2.23. The second-order valence-electron chi connectivity index (χ2n) is 7.44. The van der Waals surface area contributed by atoms with Crippen LogP contribution in [0.15, 0.2) is 42.5 Å². The number of benzene rings is 2. The minimum absolute atomic E-state index is 0.257. The minimum Gasteiger partial charge on any atom is -0.368 e. The van der Waals surface area contributed by atoms with Gasteiger partial charge in [-0.15, -0.1) is 0 Å². The Kier molecular flexibility index (Phi) is 6.51. The summed E-state index contributed by atoms with van der Waals surface area (Å²) in [6, 6.07) is 14.8. The molecule has 1 N–H and O–H groups in total. The number of anilines is 1. The molecule has 27 heavy (non-hydrogen) atoms. The fraction of sp³-hybridized carbons (Fsp3) is 0.435. The van der Waals surface area contributed by atoms with Crippen LogP contribution in [-0.4, -0.2) is 43.5 Å². The molecule has 144 valence electrons. The lowest BCUT2D eigenvalue weighted by Gasteiger charge is -2.37. The summed E-state index contributed by atoms with van der Waals surface area (Å²) in [5, 5.41) is 3.40. The van der Waals surface area contributed by atoms with E-state index in [1.165, 1.54) is 27.9 Å². The Labute approximate surface area is 163 Å². The molecule has 3 rings (SSSR count). The van der Waals surface area contributed by atoms with Gasteiger partial charge in [-0.3, -0.25) is 4.79 Å². The molecule has 0 bridgehead atoms. The number of hydrogen-bond donors (Lipinski definition) is 1. The maximum atomic E-state index is 12.5. The lowest BCUT2D eigenvalue weighted by Crippen LogP contribution is -2.49. The van der Waals surface area contributed by atoms with Crippen molar-refractivity contribution in [3.05, 3.63) is 64.7 Å². The van der Waals surface area contributed by atoms with E-state index in [9.17, 15) is 4.79 Å². The quantitative estimate of drug-likeness (QED) is 0.797. The van der Waals surface area contributed by atoms with Crippen molar-refractivity contribution >= 4 is 11.6 Å². The molecule has 1 heterocycles. The van der Waals surface area contributed by atoms with Crippen LogP contribution in [0.25, 0.3) is 0 Å². The van der Waals surface area contributed by atoms with Crippen molar-refractivity contribution < 1.29 is 4.79 Å². The first-order valence-electron chi connectivity index (χ1n) is 9.90. The predicted molar refractivity (Wildman–Crippen MR) is 112 cm³/mol. The van der Waals surface area contributed by atoms with Crippen LogP contribution in [0.4, 0.5) is 5.69 Å². The lowest BCUT2D eigenvalue weighted by atomic mass is 10.1. The fourth-order valence-electron chi connectivity index (χ4n) is 3.66. The van der Waals surface area contributed by atoms with E-state index in [-0.39, 0.29) is 5.91 Å². The van der Waals surface area contributed by atoms with Crippen molar-refractivity contribution in [2.75, 3.05) is 37.6 Å². The summed E-state index contributed by atoms with van der Waals surface area (Å²) in [6.45, 7) is 11.4. The Bertz CT molecular complexity index is 779. The standard InChI is InChI=1S/C23H31N3O/c1-18-8-6-10-22(20(18)3)25-13-15-26(16-14-25)23(27)11-12-24-17-21-9-5-4-7-19(21)2/h4-10,24H,11-17H2,1-3H3. The molecule has 0 spiro atoms. The average molecular weight is 366 g/mol. The van der Waals surface area contributed by atoms with E-state index in [4.69, 9.17) is 0 Å². The molecule has 0 unspecified atom stereocenters. The van der Waals surface area contributed by atoms with Crippen molar-refractivity contribution in [2.24, 2.45) is 0 Å². The first kappa shape index (κ1) is 19.4. The van der Waals surface area contributed by atoms with Crippen LogP contribution < -0.4 is 10.2 Å². The van der Waals surface area contributed by atoms with E-state index in [1.54, 1.807) is 0 Å². The smallest absolute Gasteiger partial charge is 0.223 e. The van der Waals surface area contributed by atoms with Gasteiger partial charge >= 0.3 is 0 Å². The second kappa shape index (κ2) is 9.05. The summed E-state index contributed by atoms with van der Waals surface area (Å²) in [5.41, 5.74) is 6.57. The molecule has 1 fully saturated rings. The van der Waals surface area contributed by atoms with Crippen molar-refractivity contribution in [1.29, 1.82) is 0 Å². The Morgan fingerprint density at radius 1 is 0.926 bits per heavy atom. The maximum absolute atomic E-state index is 12.5. The van der Waals surface area contributed by atoms with Crippen LogP contribution in [0.3, 0.4) is 0 Å². The molecule has 0 saturated carbocycles. The molecule has 0 aromatic heterocycles. The van der Waals surface area contributed by atoms with Gasteiger partial charge < -0.3 is 15.1 Å². The van der Waals surface area contributed by atoms with Gasteiger partial charge in [0.25, 0.3) is 0 Å². The van der Waals surface area contributed by atoms with Crippen LogP contribution in [0.1, 0.15) is 28.7 Å². The van der Waals surface area contributed by atoms with E-state index >= 15 is 0 Å². The van der Waals surface area contributed by atoms with Gasteiger partial charge in [0, 0.05) is 51.4 Å². The highest BCUT2D eigenvalue weighted by molar-refractivity contribution is 5.76. The number of piperazine rings is 1. The zero-order valence-electron chi connectivity index (χ0n) is 16.8. The van der Waals surface area contributed by atoms with Gasteiger partial charge in [0.05, 0.1) is 0 Å². The molecular weight excluding hydrogens is 334 g/mol. The molecule has 1 aliphatic heterocycles. The van der Waals surface area contributed by atoms with Crippen molar-refractivity contribution in [2.45, 2.75) is 33.7 Å². The summed E-state index contributed by atoms with van der Waals surface area (Å²) >= 11 is 0. The van der Waals surface area contributed by atoms with Gasteiger partial charge in [-0.25, -0.2) is 0 Å². The highest BCUT2D eigenvalue weighted by atomic mass is 16.2. The Morgan fingerprint density at radius 3 is 2.37 bits per heavy atom. The molecule has 0 radical (unpaired) electrons. The monoisotopic (exact) mass is 365 g/mol. The van der Waals surface area contributed by atoms with Gasteiger partial charge in [0.1, 0.15) is 0 Å². The number of carbonyl (C=O) groups is 1. The summed E-state index contributed by atoms with van der Waals surface area (Å²) in [6.07, 6.45) is 0.565. The summed E-state index contributed by atoms with van der Waals surface area (Å²) < 4.78 is 0. The number of aryl methyl sites for hydroxylation is 2. The summed E-state index contributed by atoms with van der Waals surface area (Å²) in [5.74, 6) is 0.257. The molecular formula is C23H31N3O. The molecule has 1 saturated heterocycles. The van der Waals surface area contributed by atoms with Crippen LogP contribution in [0.5, 0.6) is 0 Å². The Balaban J connectivity index is 1.42. The number of nitrogens with zero attached hydrogens (tertiary/aromatic N) is 2. The number of nitrogens with one attached hydrogen (secondary N) is 1. The van der Waals surface area contributed by atoms with Crippen LogP contribution >= 0.6 is 0 Å². The van der Waals surface area contributed by atoms with Crippen LogP contribution in [-0.2, 0) is 11.3 Å². The molecule has 4 nitrogen and oxygen atoms in total. The van der Waals surface area contributed by atoms with E-state index in [0.29, 0.717) is 6.42 Å². The molecule has 0 aliphatic carbocycles. The maximum Gasteiger partial charge on any atom is 0.223 e. The van der Waals surface area contributed by atoms with Crippen LogP contribution in [0.2, 0.25) is 0 Å². The molecule has 2 aromatic rings. The fourth-order valence-corrected chi connectivity index (χ4v) is 3.66. The Hall–Kier alpha value is -2.33. The number of carbonyl (C=O) groups excluding carboxylic acids is 1. The lowest BCUT2D eigenvalue weighted by molar-refractivity contribution is -0.131. The van der Waals surface area contributed by atoms with Crippen LogP contribution in [0, 0.1) is 20.8 Å². The van der Waals surface area contributed by atoms with E-state index < -0.39 is 0 Å². The first-order valence-corrected chi connectivity index (χ1v) is 9.90. The normalized spacial score (nSPS) is 14.5. The third-order valence-corrected chi connectivity index (χ3v) is 5.64. The van der Waals surface area contributed by atoms with Crippen molar-refractivity contribution in [1.82, 2.24) is 10.2 Å². The zero-order valence-corrected chi connectivity index (χ0v) is 16.8. The SMILES string of the molecule is Cc1ccccc1CNCCC(=O)N1CCN(c2cccc(C)c2C)CC1. The van der Waals surface area contributed by atoms with Crippen molar-refractivity contribution in [3.63, 3.8) is 0 Å². The van der Waals surface area contributed by atoms with E-state index in [0.717, 1.165) is 39.3 Å². The molecule has 1 amide bonds. The van der Waals surface area contributed by atoms with Gasteiger partial charge in [0.15, 0.2) is 0 Å². The van der Waals surface area contributed by atoms with Gasteiger partial charge in [-0.2, -0.15) is 0 Å². The third-order valence-electron chi connectivity index (χ3n) is 5.64. The van der Waals surface area contributed by atoms with Crippen molar-refractivity contribution in [3.8, 4) is 0 Å². The minimum atomic E-state index is 0.257. The highest BCUT2D eigenvalue weighted by Gasteiger charge is 2.21. The number of amides is 1. The molecule has 0 atom stereocenters. The molecule has 1 aliphatic rings. The second-order valence-corrected chi connectivity index (χ2v) is 7.44. The zero-order chi connectivity index (χ0) is 19.2. The topological polar surface area (TPSA) is 35.6 Å². The van der Waals surface area contributed by atoms with E-state index in [2.05, 4.69) is 73.5 Å². The summed E-state index contributed by atoms with van der Waals surface area (Å²) in [7, 11) is 0. The molecule has 4 heteroatoms. The Morgan fingerprint density at radius 2 is 1.63 bits per heavy atom. The van der Waals surface area contributed by atoms with Gasteiger partial charge in [-0.05, 0) is 49.1 Å². The van der Waals surface area contributed by atoms with Gasteiger partial charge in [-0.1, -0.05) is 36.4 Å². The first-order chi connectivity index (χ1) is 13.1.